The van der Waals surface area contributed by atoms with Gasteiger partial charge in [-0.3, -0.25) is 19.7 Å². The van der Waals surface area contributed by atoms with E-state index in [1.54, 1.807) is 11.8 Å². The van der Waals surface area contributed by atoms with Crippen LogP contribution in [-0.2, 0) is 4.79 Å². The number of hydrogen-bond donors (Lipinski definition) is 1. The fourth-order valence-corrected chi connectivity index (χ4v) is 3.06. The largest absolute Gasteiger partial charge is 0.350 e. The summed E-state index contributed by atoms with van der Waals surface area (Å²) in [6, 6.07) is 3.82. The quantitative estimate of drug-likeness (QED) is 0.672. The smallest absolute Gasteiger partial charge is 0.272 e. The molecule has 1 atom stereocenters. The minimum atomic E-state index is -0.504. The van der Waals surface area contributed by atoms with Crippen molar-refractivity contribution in [3.05, 3.63) is 39.4 Å². The second-order valence-electron chi connectivity index (χ2n) is 7.51. The van der Waals surface area contributed by atoms with Crippen LogP contribution >= 0.6 is 0 Å². The number of nitro benzene ring substituents is 1. The maximum atomic E-state index is 12.9. The number of rotatable bonds is 3. The SMILES string of the molecule is Cc1cc(C(=O)N2CCCCC2C(=O)NC(C)(C)C)ccc1[N+](=O)[O-]. The van der Waals surface area contributed by atoms with Crippen LogP contribution in [-0.4, -0.2) is 39.8 Å². The molecule has 136 valence electrons. The van der Waals surface area contributed by atoms with Crippen molar-refractivity contribution >= 4 is 17.5 Å². The van der Waals surface area contributed by atoms with E-state index in [-0.39, 0.29) is 23.0 Å². The number of nitrogens with one attached hydrogen (secondary N) is 1. The number of likely N-dealkylation sites (tertiary alicyclic amines) is 1. The van der Waals surface area contributed by atoms with Gasteiger partial charge in [0.05, 0.1) is 4.92 Å². The lowest BCUT2D eigenvalue weighted by Crippen LogP contribution is -2.55. The Hall–Kier alpha value is -2.44. The van der Waals surface area contributed by atoms with E-state index in [0.717, 1.165) is 12.8 Å². The van der Waals surface area contributed by atoms with Gasteiger partial charge in [-0.05, 0) is 59.1 Å². The molecule has 25 heavy (non-hydrogen) atoms. The minimum absolute atomic E-state index is 0.0165. The van der Waals surface area contributed by atoms with Crippen molar-refractivity contribution < 1.29 is 14.5 Å². The summed E-state index contributed by atoms with van der Waals surface area (Å²) >= 11 is 0. The van der Waals surface area contributed by atoms with Gasteiger partial charge in [0.15, 0.2) is 0 Å². The van der Waals surface area contributed by atoms with Gasteiger partial charge in [-0.2, -0.15) is 0 Å². The predicted octanol–water partition coefficient (Wildman–Crippen LogP) is 2.81. The van der Waals surface area contributed by atoms with Crippen LogP contribution in [0.2, 0.25) is 0 Å². The Labute approximate surface area is 147 Å². The average molecular weight is 347 g/mol. The summed E-state index contributed by atoms with van der Waals surface area (Å²) in [6.07, 6.45) is 2.36. The monoisotopic (exact) mass is 347 g/mol. The molecule has 1 unspecified atom stereocenters. The Balaban J connectivity index is 2.24. The van der Waals surface area contributed by atoms with Gasteiger partial charge in [0.2, 0.25) is 5.91 Å². The Morgan fingerprint density at radius 2 is 1.96 bits per heavy atom. The molecule has 0 aromatic heterocycles. The van der Waals surface area contributed by atoms with Gasteiger partial charge < -0.3 is 10.2 Å². The number of hydrogen-bond acceptors (Lipinski definition) is 4. The van der Waals surface area contributed by atoms with Crippen LogP contribution in [0.1, 0.15) is 56.0 Å². The lowest BCUT2D eigenvalue weighted by atomic mass is 9.98. The van der Waals surface area contributed by atoms with Crippen LogP contribution in [0, 0.1) is 17.0 Å². The van der Waals surface area contributed by atoms with Gasteiger partial charge in [-0.25, -0.2) is 0 Å². The zero-order valence-corrected chi connectivity index (χ0v) is 15.2. The molecule has 7 nitrogen and oxygen atoms in total. The van der Waals surface area contributed by atoms with E-state index < -0.39 is 11.0 Å². The summed E-state index contributed by atoms with van der Waals surface area (Å²) in [5.74, 6) is -0.411. The van der Waals surface area contributed by atoms with Crippen molar-refractivity contribution in [3.8, 4) is 0 Å². The highest BCUT2D eigenvalue weighted by molar-refractivity contribution is 5.98. The number of nitrogens with zero attached hydrogens (tertiary/aromatic N) is 2. The van der Waals surface area contributed by atoms with Gasteiger partial charge in [0.1, 0.15) is 6.04 Å². The van der Waals surface area contributed by atoms with Crippen LogP contribution in [0.4, 0.5) is 5.69 Å². The lowest BCUT2D eigenvalue weighted by molar-refractivity contribution is -0.385. The third-order valence-corrected chi connectivity index (χ3v) is 4.20. The summed E-state index contributed by atoms with van der Waals surface area (Å²) in [6.45, 7) is 7.82. The van der Waals surface area contributed by atoms with E-state index in [2.05, 4.69) is 5.32 Å². The molecule has 1 N–H and O–H groups in total. The van der Waals surface area contributed by atoms with Crippen molar-refractivity contribution in [1.29, 1.82) is 0 Å². The first-order chi connectivity index (χ1) is 11.6. The topological polar surface area (TPSA) is 92.6 Å². The van der Waals surface area contributed by atoms with Crippen LogP contribution in [0.15, 0.2) is 18.2 Å². The molecule has 1 aromatic rings. The highest BCUT2D eigenvalue weighted by Gasteiger charge is 2.34. The summed E-state index contributed by atoms with van der Waals surface area (Å²) in [5, 5.41) is 13.9. The molecule has 2 rings (SSSR count). The molecule has 0 bridgehead atoms. The molecule has 1 heterocycles. The Morgan fingerprint density at radius 3 is 2.52 bits per heavy atom. The highest BCUT2D eigenvalue weighted by Crippen LogP contribution is 2.24. The number of aryl methyl sites for hydroxylation is 1. The second kappa shape index (κ2) is 7.21. The number of carbonyl (C=O) groups excluding carboxylic acids is 2. The molecular formula is C18H25N3O4. The first-order valence-corrected chi connectivity index (χ1v) is 8.48. The normalized spacial score (nSPS) is 17.9. The number of piperidine rings is 1. The zero-order valence-electron chi connectivity index (χ0n) is 15.2. The Morgan fingerprint density at radius 1 is 1.28 bits per heavy atom. The van der Waals surface area contributed by atoms with Crippen molar-refractivity contribution in [3.63, 3.8) is 0 Å². The molecule has 1 saturated heterocycles. The van der Waals surface area contributed by atoms with Crippen LogP contribution in [0.25, 0.3) is 0 Å². The highest BCUT2D eigenvalue weighted by atomic mass is 16.6. The zero-order chi connectivity index (χ0) is 18.8. The van der Waals surface area contributed by atoms with E-state index in [4.69, 9.17) is 0 Å². The molecule has 1 fully saturated rings. The number of nitro groups is 1. The van der Waals surface area contributed by atoms with E-state index in [0.29, 0.717) is 24.1 Å². The Bertz CT molecular complexity index is 694. The molecule has 2 amide bonds. The van der Waals surface area contributed by atoms with Gasteiger partial charge in [-0.1, -0.05) is 0 Å². The molecule has 1 aliphatic rings. The first kappa shape index (κ1) is 18.9. The van der Waals surface area contributed by atoms with Crippen LogP contribution < -0.4 is 5.32 Å². The van der Waals surface area contributed by atoms with Gasteiger partial charge >= 0.3 is 0 Å². The third kappa shape index (κ3) is 4.55. The van der Waals surface area contributed by atoms with E-state index in [9.17, 15) is 19.7 Å². The molecule has 1 aliphatic heterocycles. The fourth-order valence-electron chi connectivity index (χ4n) is 3.06. The van der Waals surface area contributed by atoms with Crippen molar-refractivity contribution in [2.75, 3.05) is 6.54 Å². The summed E-state index contributed by atoms with van der Waals surface area (Å²) in [5.41, 5.74) is 0.423. The van der Waals surface area contributed by atoms with E-state index in [1.165, 1.54) is 18.2 Å². The molecule has 1 aromatic carbocycles. The van der Waals surface area contributed by atoms with Gasteiger partial charge in [0.25, 0.3) is 11.6 Å². The van der Waals surface area contributed by atoms with E-state index in [1.807, 2.05) is 20.8 Å². The molecule has 0 radical (unpaired) electrons. The van der Waals surface area contributed by atoms with Crippen LogP contribution in [0.3, 0.4) is 0 Å². The molecular weight excluding hydrogens is 322 g/mol. The van der Waals surface area contributed by atoms with Crippen molar-refractivity contribution in [1.82, 2.24) is 10.2 Å². The Kier molecular flexibility index (Phi) is 5.45. The molecule has 0 aliphatic carbocycles. The lowest BCUT2D eigenvalue weighted by Gasteiger charge is -2.36. The average Bonchev–Trinajstić information content (AvgIpc) is 2.52. The van der Waals surface area contributed by atoms with Crippen molar-refractivity contribution in [2.45, 2.75) is 58.5 Å². The molecule has 0 saturated carbocycles. The minimum Gasteiger partial charge on any atom is -0.350 e. The van der Waals surface area contributed by atoms with Crippen LogP contribution in [0.5, 0.6) is 0 Å². The standard InChI is InChI=1S/C18H25N3O4/c1-12-11-13(8-9-14(12)21(24)25)17(23)20-10-6-5-7-15(20)16(22)19-18(2,3)4/h8-9,11,15H,5-7,10H2,1-4H3,(H,19,22). The summed E-state index contributed by atoms with van der Waals surface area (Å²) < 4.78 is 0. The van der Waals surface area contributed by atoms with Crippen molar-refractivity contribution in [2.24, 2.45) is 0 Å². The second-order valence-corrected chi connectivity index (χ2v) is 7.51. The molecule has 7 heteroatoms. The fraction of sp³-hybridized carbons (Fsp3) is 0.556. The summed E-state index contributed by atoms with van der Waals surface area (Å²) in [4.78, 5) is 37.5. The number of benzene rings is 1. The number of carbonyl (C=O) groups is 2. The predicted molar refractivity (Wildman–Crippen MR) is 94.4 cm³/mol. The van der Waals surface area contributed by atoms with Gasteiger partial charge in [0, 0.05) is 29.3 Å². The third-order valence-electron chi connectivity index (χ3n) is 4.20. The maximum Gasteiger partial charge on any atom is 0.272 e. The number of amides is 2. The first-order valence-electron chi connectivity index (χ1n) is 8.48. The summed E-state index contributed by atoms with van der Waals surface area (Å²) in [7, 11) is 0. The molecule has 0 spiro atoms. The van der Waals surface area contributed by atoms with E-state index >= 15 is 0 Å². The van der Waals surface area contributed by atoms with Gasteiger partial charge in [-0.15, -0.1) is 0 Å². The maximum absolute atomic E-state index is 12.9.